The largest absolute Gasteiger partial charge is 0.495 e. The van der Waals surface area contributed by atoms with Crippen LogP contribution in [0.1, 0.15) is 5.56 Å². The molecule has 0 saturated heterocycles. The predicted octanol–water partition coefficient (Wildman–Crippen LogP) is 0.997. The highest BCUT2D eigenvalue weighted by molar-refractivity contribution is 7.98. The fraction of sp³-hybridized carbons (Fsp3) is 0.455. The molecule has 8 heteroatoms. The Morgan fingerprint density at radius 2 is 2.05 bits per heavy atom. The van der Waals surface area contributed by atoms with Crippen LogP contribution in [-0.4, -0.2) is 33.6 Å². The van der Waals surface area contributed by atoms with Gasteiger partial charge >= 0.3 is 0 Å². The van der Waals surface area contributed by atoms with Crippen molar-refractivity contribution in [1.29, 1.82) is 0 Å². The van der Waals surface area contributed by atoms with Gasteiger partial charge in [-0.05, 0) is 30.4 Å². The van der Waals surface area contributed by atoms with Crippen molar-refractivity contribution in [3.63, 3.8) is 0 Å². The lowest BCUT2D eigenvalue weighted by atomic mass is 10.1. The van der Waals surface area contributed by atoms with Crippen molar-refractivity contribution in [2.24, 2.45) is 10.9 Å². The summed E-state index contributed by atoms with van der Waals surface area (Å²) in [6, 6.07) is 4.91. The van der Waals surface area contributed by atoms with Crippen molar-refractivity contribution >= 4 is 34.2 Å². The first-order valence-corrected chi connectivity index (χ1v) is 8.26. The monoisotopic (exact) mass is 326 g/mol. The molecule has 0 aromatic heterocycles. The molecule has 1 aromatic carbocycles. The van der Waals surface area contributed by atoms with Gasteiger partial charge in [-0.3, -0.25) is 0 Å². The molecule has 0 aliphatic carbocycles. The van der Waals surface area contributed by atoms with E-state index in [9.17, 15) is 8.42 Å². The van der Waals surface area contributed by atoms with Crippen molar-refractivity contribution in [2.75, 3.05) is 19.1 Å². The number of ether oxygens (including phenoxy) is 1. The van der Waals surface area contributed by atoms with Crippen LogP contribution in [0, 0.1) is 0 Å². The van der Waals surface area contributed by atoms with E-state index in [2.05, 4.69) is 0 Å². The molecule has 0 saturated carbocycles. The first-order valence-electron chi connectivity index (χ1n) is 5.32. The topological polar surface area (TPSA) is 95.4 Å². The summed E-state index contributed by atoms with van der Waals surface area (Å²) in [5.41, 5.74) is 6.75. The molecule has 110 valence electrons. The number of primary sulfonamides is 1. The van der Waals surface area contributed by atoms with E-state index in [1.165, 1.54) is 13.2 Å². The number of benzene rings is 1. The number of halogens is 1. The Labute approximate surface area is 124 Å². The molecule has 0 amide bonds. The summed E-state index contributed by atoms with van der Waals surface area (Å²) < 4.78 is 27.9. The van der Waals surface area contributed by atoms with Gasteiger partial charge in [-0.15, -0.1) is 12.4 Å². The SMILES string of the molecule is COc1ccc(C[C@H](N)CSC)cc1S(N)(=O)=O.Cl. The van der Waals surface area contributed by atoms with Gasteiger partial charge in [-0.25, -0.2) is 13.6 Å². The molecule has 0 unspecified atom stereocenters. The van der Waals surface area contributed by atoms with Gasteiger partial charge < -0.3 is 10.5 Å². The smallest absolute Gasteiger partial charge is 0.241 e. The highest BCUT2D eigenvalue weighted by Gasteiger charge is 2.16. The number of hydrogen-bond acceptors (Lipinski definition) is 5. The molecule has 0 bridgehead atoms. The van der Waals surface area contributed by atoms with Gasteiger partial charge in [0.1, 0.15) is 10.6 Å². The predicted molar refractivity (Wildman–Crippen MR) is 81.7 cm³/mol. The average molecular weight is 327 g/mol. The van der Waals surface area contributed by atoms with Crippen LogP contribution in [0.15, 0.2) is 23.1 Å². The fourth-order valence-corrected chi connectivity index (χ4v) is 2.94. The maximum atomic E-state index is 11.4. The second-order valence-corrected chi connectivity index (χ2v) is 6.39. The molecule has 0 aliphatic rings. The molecular weight excluding hydrogens is 308 g/mol. The van der Waals surface area contributed by atoms with Crippen molar-refractivity contribution < 1.29 is 13.2 Å². The van der Waals surface area contributed by atoms with E-state index in [4.69, 9.17) is 15.6 Å². The van der Waals surface area contributed by atoms with Crippen LogP contribution < -0.4 is 15.6 Å². The van der Waals surface area contributed by atoms with Crippen molar-refractivity contribution in [1.82, 2.24) is 0 Å². The Morgan fingerprint density at radius 3 is 2.53 bits per heavy atom. The van der Waals surface area contributed by atoms with Crippen LogP contribution >= 0.6 is 24.2 Å². The maximum Gasteiger partial charge on any atom is 0.241 e. The van der Waals surface area contributed by atoms with E-state index in [1.54, 1.807) is 23.9 Å². The highest BCUT2D eigenvalue weighted by atomic mass is 35.5. The molecule has 0 spiro atoms. The molecule has 0 radical (unpaired) electrons. The molecule has 1 rings (SSSR count). The summed E-state index contributed by atoms with van der Waals surface area (Å²) >= 11 is 1.65. The van der Waals surface area contributed by atoms with Crippen molar-refractivity contribution in [3.05, 3.63) is 23.8 Å². The molecule has 4 N–H and O–H groups in total. The number of sulfonamides is 1. The summed E-state index contributed by atoms with van der Waals surface area (Å²) in [6.45, 7) is 0. The number of rotatable bonds is 6. The van der Waals surface area contributed by atoms with Gasteiger partial charge in [0.2, 0.25) is 10.0 Å². The molecule has 0 aliphatic heterocycles. The average Bonchev–Trinajstić information content (AvgIpc) is 2.28. The summed E-state index contributed by atoms with van der Waals surface area (Å²) in [7, 11) is -2.38. The maximum absolute atomic E-state index is 11.4. The summed E-state index contributed by atoms with van der Waals surface area (Å²) in [4.78, 5) is -0.00106. The first kappa shape index (κ1) is 18.5. The van der Waals surface area contributed by atoms with Crippen LogP contribution in [0.2, 0.25) is 0 Å². The van der Waals surface area contributed by atoms with Crippen molar-refractivity contribution in [3.8, 4) is 5.75 Å². The molecule has 19 heavy (non-hydrogen) atoms. The Morgan fingerprint density at radius 1 is 1.42 bits per heavy atom. The quantitative estimate of drug-likeness (QED) is 0.813. The van der Waals surface area contributed by atoms with Gasteiger partial charge in [0.15, 0.2) is 0 Å². The Balaban J connectivity index is 0.00000324. The second-order valence-electron chi connectivity index (χ2n) is 3.95. The zero-order chi connectivity index (χ0) is 13.8. The Hall–Kier alpha value is -0.470. The van der Waals surface area contributed by atoms with Gasteiger partial charge in [0.05, 0.1) is 7.11 Å². The lowest BCUT2D eigenvalue weighted by Crippen LogP contribution is -2.25. The third kappa shape index (κ3) is 5.58. The minimum absolute atomic E-state index is 0. The third-order valence-corrected chi connectivity index (χ3v) is 4.11. The van der Waals surface area contributed by atoms with Gasteiger partial charge in [0, 0.05) is 11.8 Å². The van der Waals surface area contributed by atoms with Crippen LogP contribution in [0.4, 0.5) is 0 Å². The summed E-state index contributed by atoms with van der Waals surface area (Å²) in [5, 5.41) is 5.15. The molecule has 0 fully saturated rings. The Kier molecular flexibility index (Phi) is 7.76. The number of thioether (sulfide) groups is 1. The van der Waals surface area contributed by atoms with E-state index < -0.39 is 10.0 Å². The zero-order valence-electron chi connectivity index (χ0n) is 10.8. The van der Waals surface area contributed by atoms with E-state index >= 15 is 0 Å². The highest BCUT2D eigenvalue weighted by Crippen LogP contribution is 2.24. The molecule has 0 heterocycles. The summed E-state index contributed by atoms with van der Waals surface area (Å²) in [5.74, 6) is 1.07. The van der Waals surface area contributed by atoms with Crippen LogP contribution in [-0.2, 0) is 16.4 Å². The van der Waals surface area contributed by atoms with Crippen molar-refractivity contribution in [2.45, 2.75) is 17.4 Å². The third-order valence-electron chi connectivity index (χ3n) is 2.41. The van der Waals surface area contributed by atoms with E-state index in [0.29, 0.717) is 6.42 Å². The van der Waals surface area contributed by atoms with Crippen LogP contribution in [0.25, 0.3) is 0 Å². The molecule has 5 nitrogen and oxygen atoms in total. The molecule has 1 aromatic rings. The van der Waals surface area contributed by atoms with Gasteiger partial charge in [-0.1, -0.05) is 6.07 Å². The van der Waals surface area contributed by atoms with Crippen LogP contribution in [0.3, 0.4) is 0 Å². The lowest BCUT2D eigenvalue weighted by Gasteiger charge is -2.12. The first-order chi connectivity index (χ1) is 8.38. The van der Waals surface area contributed by atoms with Gasteiger partial charge in [0.25, 0.3) is 0 Å². The lowest BCUT2D eigenvalue weighted by molar-refractivity contribution is 0.402. The number of methoxy groups -OCH3 is 1. The Bertz CT molecular complexity index is 509. The zero-order valence-corrected chi connectivity index (χ0v) is 13.3. The minimum atomic E-state index is -3.79. The molecule has 1 atom stereocenters. The minimum Gasteiger partial charge on any atom is -0.495 e. The standard InChI is InChI=1S/C11H18N2O3S2.ClH/c1-16-10-4-3-8(5-9(12)7-17-2)6-11(10)18(13,14)15;/h3-4,6,9H,5,7,12H2,1-2H3,(H2,13,14,15);1H/t9-;/m0./s1. The fourth-order valence-electron chi connectivity index (χ4n) is 1.65. The van der Waals surface area contributed by atoms with Crippen LogP contribution in [0.5, 0.6) is 5.75 Å². The van der Waals surface area contributed by atoms with E-state index in [0.717, 1.165) is 11.3 Å². The summed E-state index contributed by atoms with van der Waals surface area (Å²) in [6.07, 6.45) is 2.58. The number of nitrogens with two attached hydrogens (primary N) is 2. The van der Waals surface area contributed by atoms with E-state index in [1.807, 2.05) is 6.26 Å². The normalized spacial score (nSPS) is 12.6. The number of hydrogen-bond donors (Lipinski definition) is 2. The second kappa shape index (κ2) is 7.96. The molecular formula is C11H19ClN2O3S2. The van der Waals surface area contributed by atoms with Gasteiger partial charge in [-0.2, -0.15) is 11.8 Å². The van der Waals surface area contributed by atoms with E-state index in [-0.39, 0.29) is 29.1 Å².